The SMILES string of the molecule is CC(C)N1C(=O)CC(Nc2cnn(C)c2)C1=O. The zero-order valence-electron chi connectivity index (χ0n) is 10.2. The van der Waals surface area contributed by atoms with E-state index in [-0.39, 0.29) is 24.3 Å². The highest BCUT2D eigenvalue weighted by molar-refractivity contribution is 6.07. The summed E-state index contributed by atoms with van der Waals surface area (Å²) in [6.45, 7) is 3.67. The third kappa shape index (κ3) is 2.15. The van der Waals surface area contributed by atoms with Crippen molar-refractivity contribution in [3.8, 4) is 0 Å². The molecular weight excluding hydrogens is 220 g/mol. The Bertz CT molecular complexity index is 452. The Morgan fingerprint density at radius 1 is 1.47 bits per heavy atom. The Hall–Kier alpha value is -1.85. The summed E-state index contributed by atoms with van der Waals surface area (Å²) in [6, 6.07) is -0.551. The van der Waals surface area contributed by atoms with E-state index in [1.54, 1.807) is 24.1 Å². The first kappa shape index (κ1) is 11.6. The molecule has 1 atom stereocenters. The number of likely N-dealkylation sites (tertiary alicyclic amines) is 1. The zero-order valence-corrected chi connectivity index (χ0v) is 10.2. The Labute approximate surface area is 99.6 Å². The molecule has 6 nitrogen and oxygen atoms in total. The number of rotatable bonds is 3. The van der Waals surface area contributed by atoms with E-state index in [0.29, 0.717) is 0 Å². The molecular formula is C11H16N4O2. The first-order valence-corrected chi connectivity index (χ1v) is 5.60. The average Bonchev–Trinajstić information content (AvgIpc) is 2.73. The molecule has 92 valence electrons. The van der Waals surface area contributed by atoms with Crippen LogP contribution in [-0.4, -0.2) is 38.6 Å². The summed E-state index contributed by atoms with van der Waals surface area (Å²) in [5.74, 6) is -0.278. The highest BCUT2D eigenvalue weighted by Gasteiger charge is 2.39. The van der Waals surface area contributed by atoms with E-state index >= 15 is 0 Å². The second-order valence-corrected chi connectivity index (χ2v) is 4.50. The van der Waals surface area contributed by atoms with Crippen LogP contribution < -0.4 is 5.32 Å². The van der Waals surface area contributed by atoms with Crippen molar-refractivity contribution in [3.05, 3.63) is 12.4 Å². The monoisotopic (exact) mass is 236 g/mol. The summed E-state index contributed by atoms with van der Waals surface area (Å²) in [6.07, 6.45) is 3.62. The fourth-order valence-corrected chi connectivity index (χ4v) is 2.00. The van der Waals surface area contributed by atoms with Crippen molar-refractivity contribution in [2.45, 2.75) is 32.4 Å². The van der Waals surface area contributed by atoms with Gasteiger partial charge in [0.1, 0.15) is 6.04 Å². The molecule has 1 N–H and O–H groups in total. The standard InChI is InChI=1S/C11H16N4O2/c1-7(2)15-10(16)4-9(11(15)17)13-8-5-12-14(3)6-8/h5-7,9,13H,4H2,1-3H3. The van der Waals surface area contributed by atoms with E-state index in [9.17, 15) is 9.59 Å². The van der Waals surface area contributed by atoms with E-state index in [0.717, 1.165) is 5.69 Å². The normalized spacial score (nSPS) is 20.5. The number of anilines is 1. The molecule has 1 aliphatic heterocycles. The summed E-state index contributed by atoms with van der Waals surface area (Å²) in [4.78, 5) is 25.0. The zero-order chi connectivity index (χ0) is 12.6. The molecule has 0 saturated carbocycles. The summed E-state index contributed by atoms with van der Waals surface area (Å²) in [5.41, 5.74) is 0.754. The van der Waals surface area contributed by atoms with Crippen molar-refractivity contribution in [1.29, 1.82) is 0 Å². The number of nitrogens with one attached hydrogen (secondary N) is 1. The van der Waals surface area contributed by atoms with Crippen LogP contribution in [0.5, 0.6) is 0 Å². The van der Waals surface area contributed by atoms with Crippen LogP contribution in [0.3, 0.4) is 0 Å². The van der Waals surface area contributed by atoms with Gasteiger partial charge in [-0.25, -0.2) is 0 Å². The lowest BCUT2D eigenvalue weighted by molar-refractivity contribution is -0.140. The van der Waals surface area contributed by atoms with Crippen LogP contribution in [0.4, 0.5) is 5.69 Å². The van der Waals surface area contributed by atoms with Crippen molar-refractivity contribution in [1.82, 2.24) is 14.7 Å². The van der Waals surface area contributed by atoms with Crippen LogP contribution in [0.25, 0.3) is 0 Å². The molecule has 2 amide bonds. The van der Waals surface area contributed by atoms with Crippen molar-refractivity contribution in [2.24, 2.45) is 7.05 Å². The van der Waals surface area contributed by atoms with Crippen molar-refractivity contribution in [3.63, 3.8) is 0 Å². The first-order valence-electron chi connectivity index (χ1n) is 5.60. The molecule has 1 saturated heterocycles. The maximum absolute atomic E-state index is 12.0. The van der Waals surface area contributed by atoms with Crippen LogP contribution in [0, 0.1) is 0 Å². The summed E-state index contributed by atoms with van der Waals surface area (Å²) in [5, 5.41) is 7.03. The largest absolute Gasteiger partial charge is 0.371 e. The smallest absolute Gasteiger partial charge is 0.252 e. The summed E-state index contributed by atoms with van der Waals surface area (Å²) in [7, 11) is 1.80. The van der Waals surface area contributed by atoms with Gasteiger partial charge in [-0.15, -0.1) is 0 Å². The van der Waals surface area contributed by atoms with E-state index < -0.39 is 6.04 Å². The Morgan fingerprint density at radius 3 is 2.65 bits per heavy atom. The number of aryl methyl sites for hydroxylation is 1. The molecule has 6 heteroatoms. The topological polar surface area (TPSA) is 67.2 Å². The van der Waals surface area contributed by atoms with Gasteiger partial charge >= 0.3 is 0 Å². The Kier molecular flexibility index (Phi) is 2.87. The van der Waals surface area contributed by atoms with Crippen molar-refractivity contribution in [2.75, 3.05) is 5.32 Å². The van der Waals surface area contributed by atoms with Gasteiger partial charge in [0.25, 0.3) is 5.91 Å². The molecule has 0 spiro atoms. The predicted molar refractivity (Wildman–Crippen MR) is 62.2 cm³/mol. The lowest BCUT2D eigenvalue weighted by atomic mass is 10.2. The van der Waals surface area contributed by atoms with Crippen molar-refractivity contribution < 1.29 is 9.59 Å². The van der Waals surface area contributed by atoms with Gasteiger partial charge in [-0.05, 0) is 13.8 Å². The van der Waals surface area contributed by atoms with Gasteiger partial charge in [-0.3, -0.25) is 19.2 Å². The van der Waals surface area contributed by atoms with Crippen LogP contribution >= 0.6 is 0 Å². The van der Waals surface area contributed by atoms with Gasteiger partial charge in [-0.2, -0.15) is 5.10 Å². The second kappa shape index (κ2) is 4.20. The van der Waals surface area contributed by atoms with Crippen LogP contribution in [0.2, 0.25) is 0 Å². The fraction of sp³-hybridized carbons (Fsp3) is 0.545. The van der Waals surface area contributed by atoms with Crippen LogP contribution in [0.15, 0.2) is 12.4 Å². The highest BCUT2D eigenvalue weighted by Crippen LogP contribution is 2.19. The van der Waals surface area contributed by atoms with E-state index in [2.05, 4.69) is 10.4 Å². The van der Waals surface area contributed by atoms with Gasteiger partial charge in [-0.1, -0.05) is 0 Å². The maximum Gasteiger partial charge on any atom is 0.252 e. The molecule has 1 aromatic rings. The molecule has 0 radical (unpaired) electrons. The van der Waals surface area contributed by atoms with E-state index in [4.69, 9.17) is 0 Å². The molecule has 17 heavy (non-hydrogen) atoms. The van der Waals surface area contributed by atoms with E-state index in [1.165, 1.54) is 4.90 Å². The maximum atomic E-state index is 12.0. The quantitative estimate of drug-likeness (QED) is 0.770. The van der Waals surface area contributed by atoms with Gasteiger partial charge < -0.3 is 5.32 Å². The minimum Gasteiger partial charge on any atom is -0.371 e. The second-order valence-electron chi connectivity index (χ2n) is 4.50. The van der Waals surface area contributed by atoms with E-state index in [1.807, 2.05) is 13.8 Å². The predicted octanol–water partition coefficient (Wildman–Crippen LogP) is 0.368. The molecule has 1 unspecified atom stereocenters. The lowest BCUT2D eigenvalue weighted by Gasteiger charge is -2.19. The molecule has 1 aromatic heterocycles. The minimum absolute atomic E-state index is 0.0873. The number of carbonyl (C=O) groups is 2. The molecule has 0 aromatic carbocycles. The van der Waals surface area contributed by atoms with Crippen LogP contribution in [-0.2, 0) is 16.6 Å². The van der Waals surface area contributed by atoms with Gasteiger partial charge in [0.2, 0.25) is 5.91 Å². The molecule has 2 rings (SSSR count). The van der Waals surface area contributed by atoms with Gasteiger partial charge in [0, 0.05) is 19.3 Å². The number of imide groups is 1. The molecule has 0 aliphatic carbocycles. The third-order valence-electron chi connectivity index (χ3n) is 2.75. The number of hydrogen-bond acceptors (Lipinski definition) is 4. The van der Waals surface area contributed by atoms with Crippen LogP contribution in [0.1, 0.15) is 20.3 Å². The number of carbonyl (C=O) groups excluding carboxylic acids is 2. The highest BCUT2D eigenvalue weighted by atomic mass is 16.2. The molecule has 0 bridgehead atoms. The Balaban J connectivity index is 2.09. The van der Waals surface area contributed by atoms with Gasteiger partial charge in [0.05, 0.1) is 18.3 Å². The minimum atomic E-state index is -0.464. The summed E-state index contributed by atoms with van der Waals surface area (Å²) >= 11 is 0. The molecule has 1 fully saturated rings. The first-order chi connectivity index (χ1) is 7.99. The number of nitrogens with zero attached hydrogens (tertiary/aromatic N) is 3. The van der Waals surface area contributed by atoms with Crippen molar-refractivity contribution >= 4 is 17.5 Å². The summed E-state index contributed by atoms with van der Waals surface area (Å²) < 4.78 is 1.64. The number of aromatic nitrogens is 2. The number of hydrogen-bond donors (Lipinski definition) is 1. The van der Waals surface area contributed by atoms with Gasteiger partial charge in [0.15, 0.2) is 0 Å². The fourth-order valence-electron chi connectivity index (χ4n) is 2.00. The lowest BCUT2D eigenvalue weighted by Crippen LogP contribution is -2.39. The molecule has 1 aliphatic rings. The third-order valence-corrected chi connectivity index (χ3v) is 2.75. The molecule has 2 heterocycles. The average molecular weight is 236 g/mol. The number of amides is 2. The Morgan fingerprint density at radius 2 is 2.18 bits per heavy atom.